The van der Waals surface area contributed by atoms with Crippen molar-refractivity contribution in [3.8, 4) is 5.75 Å². The van der Waals surface area contributed by atoms with Gasteiger partial charge in [-0.2, -0.15) is 0 Å². The topological polar surface area (TPSA) is 61.3 Å². The first-order valence-electron chi connectivity index (χ1n) is 9.56. The van der Waals surface area contributed by atoms with Gasteiger partial charge in [0.05, 0.1) is 0 Å². The molecule has 2 atom stereocenters. The molecule has 0 aromatic heterocycles. The molecule has 2 aromatic rings. The molecular formula is C22H27FN2O. The van der Waals surface area contributed by atoms with Crippen molar-refractivity contribution in [2.75, 3.05) is 0 Å². The van der Waals surface area contributed by atoms with Crippen LogP contribution in [0.3, 0.4) is 0 Å². The molecule has 0 heterocycles. The normalized spacial score (nSPS) is 30.8. The molecule has 2 fully saturated rings. The number of nitrogens with two attached hydrogens (primary N) is 2. The van der Waals surface area contributed by atoms with E-state index in [0.29, 0.717) is 23.4 Å². The third-order valence-electron chi connectivity index (χ3n) is 6.15. The summed E-state index contributed by atoms with van der Waals surface area (Å²) in [6.07, 6.45) is 5.34. The Morgan fingerprint density at radius 3 is 2.42 bits per heavy atom. The van der Waals surface area contributed by atoms with Crippen molar-refractivity contribution < 1.29 is 9.13 Å². The van der Waals surface area contributed by atoms with Crippen LogP contribution in [0.25, 0.3) is 0 Å². The van der Waals surface area contributed by atoms with Crippen LogP contribution in [0.15, 0.2) is 48.5 Å². The number of rotatable bonds is 5. The summed E-state index contributed by atoms with van der Waals surface area (Å²) >= 11 is 0. The van der Waals surface area contributed by atoms with Gasteiger partial charge in [0.2, 0.25) is 0 Å². The standard InChI is InChI=1S/C22H27FN2O/c23-21-4-2-1-3-16(21)14-26-18-7-5-15(6-8-18)19-13-20(19)22(25)11-9-17(24)10-12-22/h1-8,17,19-20H,9-14,24-25H2/t17?,19-,20+,22?/m0/s1. The highest BCUT2D eigenvalue weighted by Crippen LogP contribution is 2.56. The van der Waals surface area contributed by atoms with Gasteiger partial charge in [-0.05, 0) is 67.7 Å². The van der Waals surface area contributed by atoms with E-state index < -0.39 is 0 Å². The van der Waals surface area contributed by atoms with Crippen LogP contribution in [0.2, 0.25) is 0 Å². The Hall–Kier alpha value is -1.91. The van der Waals surface area contributed by atoms with Crippen LogP contribution in [0.1, 0.15) is 49.1 Å². The molecule has 0 amide bonds. The lowest BCUT2D eigenvalue weighted by atomic mass is 9.76. The zero-order valence-electron chi connectivity index (χ0n) is 15.0. The third-order valence-corrected chi connectivity index (χ3v) is 6.15. The third kappa shape index (κ3) is 3.62. The molecule has 4 N–H and O–H groups in total. The second-order valence-corrected chi connectivity index (χ2v) is 7.97. The molecule has 0 unspecified atom stereocenters. The van der Waals surface area contributed by atoms with Crippen LogP contribution in [-0.4, -0.2) is 11.6 Å². The van der Waals surface area contributed by atoms with Crippen molar-refractivity contribution in [2.24, 2.45) is 17.4 Å². The molecule has 0 spiro atoms. The molecule has 2 aromatic carbocycles. The van der Waals surface area contributed by atoms with E-state index in [1.165, 1.54) is 18.1 Å². The molecule has 0 saturated heterocycles. The van der Waals surface area contributed by atoms with Crippen LogP contribution in [0.4, 0.5) is 4.39 Å². The molecule has 3 nitrogen and oxygen atoms in total. The average molecular weight is 354 g/mol. The fraction of sp³-hybridized carbons (Fsp3) is 0.455. The van der Waals surface area contributed by atoms with Gasteiger partial charge in [-0.25, -0.2) is 4.39 Å². The van der Waals surface area contributed by atoms with Crippen molar-refractivity contribution in [1.82, 2.24) is 0 Å². The first-order chi connectivity index (χ1) is 12.5. The number of ether oxygens (including phenoxy) is 1. The lowest BCUT2D eigenvalue weighted by Crippen LogP contribution is -2.48. The quantitative estimate of drug-likeness (QED) is 0.849. The molecule has 138 valence electrons. The maximum atomic E-state index is 13.7. The van der Waals surface area contributed by atoms with Gasteiger partial charge in [-0.3, -0.25) is 0 Å². The summed E-state index contributed by atoms with van der Waals surface area (Å²) in [6.45, 7) is 0.240. The van der Waals surface area contributed by atoms with Gasteiger partial charge in [-0.15, -0.1) is 0 Å². The van der Waals surface area contributed by atoms with Crippen LogP contribution in [0, 0.1) is 11.7 Å². The predicted molar refractivity (Wildman–Crippen MR) is 101 cm³/mol. The van der Waals surface area contributed by atoms with E-state index in [-0.39, 0.29) is 18.0 Å². The van der Waals surface area contributed by atoms with Crippen molar-refractivity contribution in [1.29, 1.82) is 0 Å². The summed E-state index contributed by atoms with van der Waals surface area (Å²) in [7, 11) is 0. The van der Waals surface area contributed by atoms with Crippen molar-refractivity contribution in [3.05, 3.63) is 65.5 Å². The summed E-state index contributed by atoms with van der Waals surface area (Å²) < 4.78 is 19.4. The predicted octanol–water partition coefficient (Wildman–Crippen LogP) is 4.11. The Kier molecular flexibility index (Phi) is 4.72. The minimum atomic E-state index is -0.231. The lowest BCUT2D eigenvalue weighted by molar-refractivity contribution is 0.239. The molecule has 0 aliphatic heterocycles. The van der Waals surface area contributed by atoms with Gasteiger partial charge < -0.3 is 16.2 Å². The largest absolute Gasteiger partial charge is 0.489 e. The summed E-state index contributed by atoms with van der Waals surface area (Å²) in [5.74, 6) is 1.65. The summed E-state index contributed by atoms with van der Waals surface area (Å²) in [4.78, 5) is 0. The highest BCUT2D eigenvalue weighted by atomic mass is 19.1. The van der Waals surface area contributed by atoms with Crippen molar-refractivity contribution >= 4 is 0 Å². The molecular weight excluding hydrogens is 327 g/mol. The van der Waals surface area contributed by atoms with E-state index in [2.05, 4.69) is 12.1 Å². The molecule has 4 heteroatoms. The van der Waals surface area contributed by atoms with E-state index in [9.17, 15) is 4.39 Å². The molecule has 2 aliphatic rings. The second kappa shape index (κ2) is 7.01. The van der Waals surface area contributed by atoms with Crippen LogP contribution in [-0.2, 0) is 6.61 Å². The van der Waals surface area contributed by atoms with E-state index in [1.807, 2.05) is 18.2 Å². The number of halogens is 1. The molecule has 2 saturated carbocycles. The van der Waals surface area contributed by atoms with Gasteiger partial charge in [-0.1, -0.05) is 30.3 Å². The van der Waals surface area contributed by atoms with Crippen LogP contribution < -0.4 is 16.2 Å². The Bertz CT molecular complexity index is 753. The number of benzene rings is 2. The molecule has 26 heavy (non-hydrogen) atoms. The Balaban J connectivity index is 1.35. The summed E-state index contributed by atoms with van der Waals surface area (Å²) in [5, 5.41) is 0. The van der Waals surface area contributed by atoms with E-state index >= 15 is 0 Å². The van der Waals surface area contributed by atoms with Crippen molar-refractivity contribution in [2.45, 2.75) is 56.2 Å². The first-order valence-corrected chi connectivity index (χ1v) is 9.56. The minimum absolute atomic E-state index is 0.0411. The minimum Gasteiger partial charge on any atom is -0.489 e. The van der Waals surface area contributed by atoms with Gasteiger partial charge in [0, 0.05) is 17.1 Å². The maximum Gasteiger partial charge on any atom is 0.129 e. The number of hydrogen-bond acceptors (Lipinski definition) is 3. The highest BCUT2D eigenvalue weighted by Gasteiger charge is 2.51. The van der Waals surface area contributed by atoms with Crippen LogP contribution in [0.5, 0.6) is 5.75 Å². The molecule has 0 radical (unpaired) electrons. The summed E-state index contributed by atoms with van der Waals surface area (Å²) in [6, 6.07) is 15.2. The Labute approximate surface area is 154 Å². The summed E-state index contributed by atoms with van der Waals surface area (Å²) in [5.41, 5.74) is 14.6. The van der Waals surface area contributed by atoms with E-state index in [4.69, 9.17) is 16.2 Å². The van der Waals surface area contributed by atoms with E-state index in [1.54, 1.807) is 12.1 Å². The lowest BCUT2D eigenvalue weighted by Gasteiger charge is -2.36. The SMILES string of the molecule is NC1CCC(N)([C@@H]2C[C@H]2c2ccc(OCc3ccccc3F)cc2)CC1. The van der Waals surface area contributed by atoms with Crippen LogP contribution >= 0.6 is 0 Å². The highest BCUT2D eigenvalue weighted by molar-refractivity contribution is 5.34. The molecule has 4 rings (SSSR count). The van der Waals surface area contributed by atoms with Gasteiger partial charge in [0.1, 0.15) is 18.2 Å². The average Bonchev–Trinajstić information content (AvgIpc) is 3.46. The van der Waals surface area contributed by atoms with E-state index in [0.717, 1.165) is 31.4 Å². The fourth-order valence-corrected chi connectivity index (χ4v) is 4.33. The van der Waals surface area contributed by atoms with Crippen molar-refractivity contribution in [3.63, 3.8) is 0 Å². The number of hydrogen-bond donors (Lipinski definition) is 2. The van der Waals surface area contributed by atoms with Gasteiger partial charge in [0.25, 0.3) is 0 Å². The zero-order chi connectivity index (χ0) is 18.1. The second-order valence-electron chi connectivity index (χ2n) is 7.97. The van der Waals surface area contributed by atoms with Gasteiger partial charge in [0.15, 0.2) is 0 Å². The fourth-order valence-electron chi connectivity index (χ4n) is 4.33. The Morgan fingerprint density at radius 2 is 1.73 bits per heavy atom. The molecule has 0 bridgehead atoms. The monoisotopic (exact) mass is 354 g/mol. The Morgan fingerprint density at radius 1 is 1.04 bits per heavy atom. The smallest absolute Gasteiger partial charge is 0.129 e. The maximum absolute atomic E-state index is 13.7. The first kappa shape index (κ1) is 17.5. The zero-order valence-corrected chi connectivity index (χ0v) is 15.0. The molecule has 2 aliphatic carbocycles. The van der Waals surface area contributed by atoms with Gasteiger partial charge >= 0.3 is 0 Å².